The number of hydrogen-bond acceptors (Lipinski definition) is 2. The number of nitrogens with one attached hydrogen (secondary N) is 2. The summed E-state index contributed by atoms with van der Waals surface area (Å²) in [6, 6.07) is 23.2. The van der Waals surface area contributed by atoms with Gasteiger partial charge in [0.15, 0.2) is 0 Å². The van der Waals surface area contributed by atoms with E-state index in [1.54, 1.807) is 0 Å². The van der Waals surface area contributed by atoms with Crippen LogP contribution >= 0.6 is 11.6 Å². The van der Waals surface area contributed by atoms with Gasteiger partial charge in [0, 0.05) is 52.8 Å². The van der Waals surface area contributed by atoms with E-state index in [-0.39, 0.29) is 24.3 Å². The topological polar surface area (TPSA) is 65.2 Å². The van der Waals surface area contributed by atoms with Crippen molar-refractivity contribution in [1.29, 1.82) is 0 Å². The second-order valence-electron chi connectivity index (χ2n) is 8.25. The molecule has 0 aliphatic carbocycles. The largest absolute Gasteiger partial charge is 0.361 e. The van der Waals surface area contributed by atoms with Crippen LogP contribution in [0.2, 0.25) is 5.02 Å². The van der Waals surface area contributed by atoms with Gasteiger partial charge in [-0.15, -0.1) is 0 Å². The molecule has 0 spiro atoms. The van der Waals surface area contributed by atoms with Crippen LogP contribution in [0.25, 0.3) is 10.9 Å². The highest BCUT2D eigenvalue weighted by Gasteiger charge is 2.38. The molecular formula is C27H24ClN3O2. The summed E-state index contributed by atoms with van der Waals surface area (Å²) < 4.78 is 0. The van der Waals surface area contributed by atoms with Crippen LogP contribution in [0.15, 0.2) is 79.0 Å². The average molecular weight is 458 g/mol. The van der Waals surface area contributed by atoms with E-state index < -0.39 is 0 Å². The number of H-pyrrole nitrogens is 1. The third-order valence-corrected chi connectivity index (χ3v) is 6.45. The molecule has 1 atom stereocenters. The van der Waals surface area contributed by atoms with Crippen LogP contribution in [-0.2, 0) is 11.2 Å². The maximum absolute atomic E-state index is 13.3. The van der Waals surface area contributed by atoms with E-state index in [0.717, 1.165) is 34.0 Å². The lowest BCUT2D eigenvalue weighted by Gasteiger charge is -2.25. The average Bonchev–Trinajstić information content (AvgIpc) is 3.38. The zero-order valence-electron chi connectivity index (χ0n) is 18.1. The molecule has 166 valence electrons. The van der Waals surface area contributed by atoms with Gasteiger partial charge in [0.05, 0.1) is 6.04 Å². The summed E-state index contributed by atoms with van der Waals surface area (Å²) >= 11 is 5.92. The highest BCUT2D eigenvalue weighted by molar-refractivity contribution is 6.30. The van der Waals surface area contributed by atoms with Gasteiger partial charge in [-0.3, -0.25) is 9.59 Å². The van der Waals surface area contributed by atoms with Crippen molar-refractivity contribution in [3.05, 3.63) is 106 Å². The van der Waals surface area contributed by atoms with E-state index >= 15 is 0 Å². The number of hydrogen-bond donors (Lipinski definition) is 2. The Morgan fingerprint density at radius 2 is 1.73 bits per heavy atom. The zero-order chi connectivity index (χ0) is 22.8. The maximum atomic E-state index is 13.3. The first-order chi connectivity index (χ1) is 16.1. The minimum Gasteiger partial charge on any atom is -0.361 e. The molecule has 0 saturated carbocycles. The van der Waals surface area contributed by atoms with Gasteiger partial charge in [-0.1, -0.05) is 60.1 Å². The molecule has 6 heteroatoms. The van der Waals surface area contributed by atoms with Crippen molar-refractivity contribution in [2.75, 3.05) is 13.1 Å². The van der Waals surface area contributed by atoms with Gasteiger partial charge in [0.2, 0.25) is 5.91 Å². The molecule has 3 aromatic carbocycles. The second kappa shape index (κ2) is 9.12. The number of fused-ring (bicyclic) bond motifs is 2. The first-order valence-corrected chi connectivity index (χ1v) is 11.5. The summed E-state index contributed by atoms with van der Waals surface area (Å²) in [5.41, 5.74) is 4.88. The SMILES string of the molecule is O=C(CCN1C(=O)c2ccccc2[C@H]1c1c[nH]c2ccccc12)NCCc1ccc(Cl)cc1. The van der Waals surface area contributed by atoms with Crippen molar-refractivity contribution < 1.29 is 9.59 Å². The highest BCUT2D eigenvalue weighted by atomic mass is 35.5. The molecule has 1 aliphatic rings. The Morgan fingerprint density at radius 3 is 2.58 bits per heavy atom. The van der Waals surface area contributed by atoms with E-state index in [9.17, 15) is 9.59 Å². The maximum Gasteiger partial charge on any atom is 0.255 e. The number of carbonyl (C=O) groups is 2. The van der Waals surface area contributed by atoms with E-state index in [4.69, 9.17) is 11.6 Å². The molecule has 33 heavy (non-hydrogen) atoms. The van der Waals surface area contributed by atoms with Crippen molar-refractivity contribution in [3.63, 3.8) is 0 Å². The van der Waals surface area contributed by atoms with Crippen LogP contribution in [0.5, 0.6) is 0 Å². The van der Waals surface area contributed by atoms with E-state index in [2.05, 4.69) is 16.4 Å². The molecule has 5 nitrogen and oxygen atoms in total. The number of halogens is 1. The predicted octanol–water partition coefficient (Wildman–Crippen LogP) is 5.12. The molecule has 2 heterocycles. The number of rotatable bonds is 7. The molecule has 1 aliphatic heterocycles. The highest BCUT2D eigenvalue weighted by Crippen LogP contribution is 2.41. The number of aromatic nitrogens is 1. The van der Waals surface area contributed by atoms with Gasteiger partial charge in [0.1, 0.15) is 0 Å². The summed E-state index contributed by atoms with van der Waals surface area (Å²) in [6.07, 6.45) is 2.96. The summed E-state index contributed by atoms with van der Waals surface area (Å²) in [7, 11) is 0. The number of carbonyl (C=O) groups excluding carboxylic acids is 2. The normalized spacial score (nSPS) is 15.1. The minimum atomic E-state index is -0.216. The van der Waals surface area contributed by atoms with Gasteiger partial charge in [-0.05, 0) is 41.8 Å². The van der Waals surface area contributed by atoms with Gasteiger partial charge in [-0.25, -0.2) is 0 Å². The lowest BCUT2D eigenvalue weighted by atomic mass is 9.97. The van der Waals surface area contributed by atoms with Crippen LogP contribution in [0, 0.1) is 0 Å². The van der Waals surface area contributed by atoms with E-state index in [1.165, 1.54) is 0 Å². The summed E-state index contributed by atoms with van der Waals surface area (Å²) in [4.78, 5) is 30.9. The Labute approximate surface area is 197 Å². The Hall–Kier alpha value is -3.57. The summed E-state index contributed by atoms with van der Waals surface area (Å²) in [6.45, 7) is 0.894. The molecular weight excluding hydrogens is 434 g/mol. The van der Waals surface area contributed by atoms with Gasteiger partial charge in [-0.2, -0.15) is 0 Å². The van der Waals surface area contributed by atoms with Crippen LogP contribution < -0.4 is 5.32 Å². The molecule has 1 aromatic heterocycles. The molecule has 0 saturated heterocycles. The summed E-state index contributed by atoms with van der Waals surface area (Å²) in [5.74, 6) is -0.0970. The standard InChI is InChI=1S/C27H24ClN3O2/c28-19-11-9-18(10-12-19)13-15-29-25(32)14-16-31-26(21-6-1-2-7-22(21)27(31)33)23-17-30-24-8-4-3-5-20(23)24/h1-12,17,26,30H,13-16H2,(H,29,32)/t26-/m0/s1. The van der Waals surface area contributed by atoms with Gasteiger partial charge < -0.3 is 15.2 Å². The van der Waals surface area contributed by atoms with Gasteiger partial charge in [0.25, 0.3) is 5.91 Å². The molecule has 0 radical (unpaired) electrons. The second-order valence-corrected chi connectivity index (χ2v) is 8.69. The van der Waals surface area contributed by atoms with Crippen molar-refractivity contribution in [1.82, 2.24) is 15.2 Å². The fourth-order valence-electron chi connectivity index (χ4n) is 4.56. The van der Waals surface area contributed by atoms with Crippen molar-refractivity contribution in [2.45, 2.75) is 18.9 Å². The fourth-order valence-corrected chi connectivity index (χ4v) is 4.69. The zero-order valence-corrected chi connectivity index (χ0v) is 18.8. The van der Waals surface area contributed by atoms with Crippen molar-refractivity contribution in [2.24, 2.45) is 0 Å². The third kappa shape index (κ3) is 4.24. The van der Waals surface area contributed by atoms with E-state index in [0.29, 0.717) is 23.7 Å². The first kappa shape index (κ1) is 21.3. The molecule has 0 unspecified atom stereocenters. The number of aromatic amines is 1. The minimum absolute atomic E-state index is 0.0326. The Balaban J connectivity index is 1.30. The first-order valence-electron chi connectivity index (χ1n) is 11.1. The number of nitrogens with zero attached hydrogens (tertiary/aromatic N) is 1. The number of benzene rings is 3. The lowest BCUT2D eigenvalue weighted by Crippen LogP contribution is -2.34. The number of para-hydroxylation sites is 1. The smallest absolute Gasteiger partial charge is 0.255 e. The molecule has 4 aromatic rings. The molecule has 5 rings (SSSR count). The Morgan fingerprint density at radius 1 is 0.970 bits per heavy atom. The predicted molar refractivity (Wildman–Crippen MR) is 130 cm³/mol. The molecule has 0 bridgehead atoms. The quantitative estimate of drug-likeness (QED) is 0.404. The monoisotopic (exact) mass is 457 g/mol. The lowest BCUT2D eigenvalue weighted by molar-refractivity contribution is -0.121. The fraction of sp³-hybridized carbons (Fsp3) is 0.185. The Bertz CT molecular complexity index is 1310. The van der Waals surface area contributed by atoms with Crippen molar-refractivity contribution in [3.8, 4) is 0 Å². The third-order valence-electron chi connectivity index (χ3n) is 6.20. The van der Waals surface area contributed by atoms with Crippen molar-refractivity contribution >= 4 is 34.3 Å². The molecule has 2 amide bonds. The van der Waals surface area contributed by atoms with Crippen LogP contribution in [0.1, 0.15) is 39.5 Å². The van der Waals surface area contributed by atoms with E-state index in [1.807, 2.05) is 77.8 Å². The van der Waals surface area contributed by atoms with Crippen LogP contribution in [-0.4, -0.2) is 34.8 Å². The van der Waals surface area contributed by atoms with Crippen LogP contribution in [0.3, 0.4) is 0 Å². The Kier molecular flexibility index (Phi) is 5.88. The number of amides is 2. The summed E-state index contributed by atoms with van der Waals surface area (Å²) in [5, 5.41) is 4.75. The molecule has 0 fully saturated rings. The van der Waals surface area contributed by atoms with Gasteiger partial charge >= 0.3 is 0 Å². The molecule has 2 N–H and O–H groups in total. The van der Waals surface area contributed by atoms with Crippen LogP contribution in [0.4, 0.5) is 0 Å².